The predicted octanol–water partition coefficient (Wildman–Crippen LogP) is 2.29. The van der Waals surface area contributed by atoms with Crippen LogP contribution in [0.25, 0.3) is 11.0 Å². The van der Waals surface area contributed by atoms with Gasteiger partial charge in [0.2, 0.25) is 0 Å². The number of para-hydroxylation sites is 2. The predicted molar refractivity (Wildman–Crippen MR) is 41.9 cm³/mol. The van der Waals surface area contributed by atoms with Gasteiger partial charge >= 0.3 is 6.18 Å². The van der Waals surface area contributed by atoms with Gasteiger partial charge in [-0.2, -0.15) is 17.9 Å². The van der Waals surface area contributed by atoms with Gasteiger partial charge < -0.3 is 5.21 Å². The molecule has 0 saturated heterocycles. The van der Waals surface area contributed by atoms with E-state index < -0.39 is 12.0 Å². The molecule has 1 aromatic carbocycles. The second-order valence-corrected chi connectivity index (χ2v) is 2.73. The van der Waals surface area contributed by atoms with Gasteiger partial charge in [-0.25, -0.2) is 4.98 Å². The summed E-state index contributed by atoms with van der Waals surface area (Å²) in [4.78, 5) is 3.27. The Kier molecular flexibility index (Phi) is 1.67. The van der Waals surface area contributed by atoms with Gasteiger partial charge in [-0.3, -0.25) is 0 Å². The second kappa shape index (κ2) is 2.63. The number of alkyl halides is 3. The Morgan fingerprint density at radius 1 is 1.21 bits per heavy atom. The molecule has 1 heterocycles. The van der Waals surface area contributed by atoms with E-state index in [1.165, 1.54) is 18.2 Å². The van der Waals surface area contributed by atoms with E-state index in [1.54, 1.807) is 6.07 Å². The molecular weight excluding hydrogens is 197 g/mol. The molecule has 3 nitrogen and oxygen atoms in total. The minimum Gasteiger partial charge on any atom is -0.426 e. The summed E-state index contributed by atoms with van der Waals surface area (Å²) >= 11 is 0. The van der Waals surface area contributed by atoms with Crippen molar-refractivity contribution in [2.24, 2.45) is 0 Å². The zero-order chi connectivity index (χ0) is 10.3. The van der Waals surface area contributed by atoms with Crippen LogP contribution in [0.4, 0.5) is 13.2 Å². The van der Waals surface area contributed by atoms with Crippen LogP contribution in [0.2, 0.25) is 0 Å². The maximum atomic E-state index is 12.2. The Bertz CT molecular complexity index is 475. The highest BCUT2D eigenvalue weighted by Gasteiger charge is 2.38. The molecule has 0 saturated carbocycles. The molecule has 2 rings (SSSR count). The van der Waals surface area contributed by atoms with E-state index in [9.17, 15) is 13.2 Å². The fourth-order valence-electron chi connectivity index (χ4n) is 1.20. The van der Waals surface area contributed by atoms with Crippen LogP contribution in [-0.4, -0.2) is 14.9 Å². The highest BCUT2D eigenvalue weighted by Crippen LogP contribution is 2.30. The smallest absolute Gasteiger partial charge is 0.426 e. The van der Waals surface area contributed by atoms with Crippen LogP contribution in [0.1, 0.15) is 5.82 Å². The summed E-state index contributed by atoms with van der Waals surface area (Å²) in [7, 11) is 0. The molecule has 0 bridgehead atoms. The van der Waals surface area contributed by atoms with Crippen molar-refractivity contribution in [3.63, 3.8) is 0 Å². The monoisotopic (exact) mass is 202 g/mol. The number of halogens is 3. The quantitative estimate of drug-likeness (QED) is 0.665. The van der Waals surface area contributed by atoms with Crippen LogP contribution < -0.4 is 0 Å². The summed E-state index contributed by atoms with van der Waals surface area (Å²) in [5.41, 5.74) is 0.155. The van der Waals surface area contributed by atoms with E-state index in [4.69, 9.17) is 5.21 Å². The normalized spacial score (nSPS) is 12.2. The number of hydrogen-bond acceptors (Lipinski definition) is 2. The fourth-order valence-corrected chi connectivity index (χ4v) is 1.20. The lowest BCUT2D eigenvalue weighted by Crippen LogP contribution is -2.12. The molecule has 2 aromatic rings. The molecule has 0 amide bonds. The van der Waals surface area contributed by atoms with Crippen molar-refractivity contribution in [3.05, 3.63) is 30.1 Å². The first-order valence-electron chi connectivity index (χ1n) is 3.74. The number of fused-ring (bicyclic) bond motifs is 1. The van der Waals surface area contributed by atoms with E-state index in [0.717, 1.165) is 0 Å². The third-order valence-corrected chi connectivity index (χ3v) is 1.79. The summed E-state index contributed by atoms with van der Waals surface area (Å²) in [6.45, 7) is 0. The van der Waals surface area contributed by atoms with E-state index in [1.807, 2.05) is 0 Å². The Morgan fingerprint density at radius 2 is 1.86 bits per heavy atom. The summed E-state index contributed by atoms with van der Waals surface area (Å²) in [6.07, 6.45) is -4.65. The standard InChI is InChI=1S/C8H5F3N2O/c9-8(10,11)7-12-5-3-1-2-4-6(5)13(7)14/h1-4,14H. The molecule has 0 spiro atoms. The lowest BCUT2D eigenvalue weighted by Gasteiger charge is -2.03. The maximum Gasteiger partial charge on any atom is 0.453 e. The number of hydrogen-bond donors (Lipinski definition) is 1. The third kappa shape index (κ3) is 1.19. The minimum atomic E-state index is -4.65. The molecule has 0 radical (unpaired) electrons. The van der Waals surface area contributed by atoms with Crippen LogP contribution in [0.5, 0.6) is 0 Å². The molecule has 1 N–H and O–H groups in total. The molecule has 0 aliphatic rings. The second-order valence-electron chi connectivity index (χ2n) is 2.73. The van der Waals surface area contributed by atoms with Gasteiger partial charge in [-0.15, -0.1) is 0 Å². The number of aromatic nitrogens is 2. The molecule has 0 fully saturated rings. The number of imidazole rings is 1. The van der Waals surface area contributed by atoms with E-state index >= 15 is 0 Å². The average Bonchev–Trinajstić information content (AvgIpc) is 2.44. The number of rotatable bonds is 0. The highest BCUT2D eigenvalue weighted by molar-refractivity contribution is 5.75. The maximum absolute atomic E-state index is 12.2. The van der Waals surface area contributed by atoms with Crippen LogP contribution in [0.3, 0.4) is 0 Å². The average molecular weight is 202 g/mol. The Morgan fingerprint density at radius 3 is 2.43 bits per heavy atom. The SMILES string of the molecule is On1c(C(F)(F)F)nc2ccccc21. The van der Waals surface area contributed by atoms with E-state index in [-0.39, 0.29) is 15.8 Å². The summed E-state index contributed by atoms with van der Waals surface area (Å²) < 4.78 is 36.8. The van der Waals surface area contributed by atoms with Crippen molar-refractivity contribution in [2.45, 2.75) is 6.18 Å². The molecule has 6 heteroatoms. The zero-order valence-corrected chi connectivity index (χ0v) is 6.78. The molecule has 0 aliphatic carbocycles. The van der Waals surface area contributed by atoms with Gasteiger partial charge in [0.15, 0.2) is 0 Å². The lowest BCUT2D eigenvalue weighted by atomic mass is 10.3. The van der Waals surface area contributed by atoms with Crippen molar-refractivity contribution < 1.29 is 18.4 Å². The Labute approximate surface area is 76.4 Å². The minimum absolute atomic E-state index is 0.0415. The van der Waals surface area contributed by atoms with Gasteiger partial charge in [0.1, 0.15) is 5.52 Å². The van der Waals surface area contributed by atoms with Crippen LogP contribution in [0.15, 0.2) is 24.3 Å². The molecular formula is C8H5F3N2O. The van der Waals surface area contributed by atoms with E-state index in [2.05, 4.69) is 4.98 Å². The van der Waals surface area contributed by atoms with Gasteiger partial charge in [0, 0.05) is 0 Å². The van der Waals surface area contributed by atoms with Crippen molar-refractivity contribution in [1.29, 1.82) is 0 Å². The first-order valence-corrected chi connectivity index (χ1v) is 3.74. The van der Waals surface area contributed by atoms with Gasteiger partial charge in [-0.05, 0) is 12.1 Å². The van der Waals surface area contributed by atoms with Gasteiger partial charge in [0.25, 0.3) is 5.82 Å². The molecule has 0 unspecified atom stereocenters. The topological polar surface area (TPSA) is 38.0 Å². The first kappa shape index (κ1) is 8.86. The zero-order valence-electron chi connectivity index (χ0n) is 6.78. The van der Waals surface area contributed by atoms with Crippen LogP contribution in [0, 0.1) is 0 Å². The number of nitrogens with zero attached hydrogens (tertiary/aromatic N) is 2. The van der Waals surface area contributed by atoms with E-state index in [0.29, 0.717) is 0 Å². The number of benzene rings is 1. The molecule has 1 aromatic heterocycles. The van der Waals surface area contributed by atoms with Crippen molar-refractivity contribution >= 4 is 11.0 Å². The van der Waals surface area contributed by atoms with Gasteiger partial charge in [-0.1, -0.05) is 12.1 Å². The summed E-state index contributed by atoms with van der Waals surface area (Å²) in [5, 5.41) is 9.16. The van der Waals surface area contributed by atoms with Crippen LogP contribution in [-0.2, 0) is 6.18 Å². The van der Waals surface area contributed by atoms with Crippen molar-refractivity contribution in [3.8, 4) is 0 Å². The molecule has 14 heavy (non-hydrogen) atoms. The summed E-state index contributed by atoms with van der Waals surface area (Å²) in [6, 6.07) is 5.83. The molecule has 0 atom stereocenters. The van der Waals surface area contributed by atoms with Crippen molar-refractivity contribution in [2.75, 3.05) is 0 Å². The largest absolute Gasteiger partial charge is 0.453 e. The summed E-state index contributed by atoms with van der Waals surface area (Å²) in [5.74, 6) is -1.31. The molecule has 74 valence electrons. The first-order chi connectivity index (χ1) is 6.50. The van der Waals surface area contributed by atoms with Gasteiger partial charge in [0.05, 0.1) is 5.52 Å². The third-order valence-electron chi connectivity index (χ3n) is 1.79. The molecule has 0 aliphatic heterocycles. The highest BCUT2D eigenvalue weighted by atomic mass is 19.4. The van der Waals surface area contributed by atoms with Crippen LogP contribution >= 0.6 is 0 Å². The Balaban J connectivity index is 2.75. The van der Waals surface area contributed by atoms with Crippen molar-refractivity contribution in [1.82, 2.24) is 9.71 Å². The Hall–Kier alpha value is -1.72. The fraction of sp³-hybridized carbons (Fsp3) is 0.125. The lowest BCUT2D eigenvalue weighted by molar-refractivity contribution is -0.153.